The summed E-state index contributed by atoms with van der Waals surface area (Å²) in [6.45, 7) is 21.3. The van der Waals surface area contributed by atoms with Crippen molar-refractivity contribution in [3.05, 3.63) is 95.4 Å². The fourth-order valence-corrected chi connectivity index (χ4v) is 9.91. The van der Waals surface area contributed by atoms with E-state index in [-0.39, 0.29) is 59.7 Å². The van der Waals surface area contributed by atoms with Crippen LogP contribution in [-0.4, -0.2) is 65.6 Å². The number of ketones is 1. The van der Waals surface area contributed by atoms with Gasteiger partial charge >= 0.3 is 35.0 Å². The maximum absolute atomic E-state index is 14.4. The molecule has 6 atom stereocenters. The van der Waals surface area contributed by atoms with Crippen LogP contribution in [0.2, 0.25) is 0 Å². The van der Waals surface area contributed by atoms with E-state index in [1.54, 1.807) is 6.08 Å². The largest absolute Gasteiger partial charge is 2.00 e. The molecule has 0 aromatic carbocycles. The zero-order chi connectivity index (χ0) is 44.8. The number of hydrogen-bond acceptors (Lipinski definition) is 6. The first kappa shape index (κ1) is 49.5. The monoisotopic (exact) mass is 866 g/mol. The average molecular weight is 867 g/mol. The molecule has 0 amide bonds. The molecule has 6 rings (SSSR count). The molecule has 3 aromatic rings. The Morgan fingerprint density at radius 2 is 1.62 bits per heavy atom. The van der Waals surface area contributed by atoms with Crippen molar-refractivity contribution >= 4 is 76.9 Å². The molecule has 63 heavy (non-hydrogen) atoms. The molecule has 0 saturated carbocycles. The molecule has 1 unspecified atom stereocenters. The van der Waals surface area contributed by atoms with Gasteiger partial charge in [0.1, 0.15) is 12.5 Å². The molecule has 11 heteroatoms. The number of rotatable bonds is 18. The maximum atomic E-state index is 14.4. The van der Waals surface area contributed by atoms with Gasteiger partial charge in [-0.2, -0.15) is 5.70 Å². The number of nitrogens with zero attached hydrogens (tertiary/aromatic N) is 4. The molecule has 10 nitrogen and oxygen atoms in total. The predicted molar refractivity (Wildman–Crippen MR) is 253 cm³/mol. The molecule has 1 aliphatic carbocycles. The van der Waals surface area contributed by atoms with Crippen LogP contribution in [0.5, 0.6) is 0 Å². The Kier molecular flexibility index (Phi) is 17.2. The van der Waals surface area contributed by atoms with Gasteiger partial charge in [0.2, 0.25) is 0 Å². The second-order valence-corrected chi connectivity index (χ2v) is 18.0. The van der Waals surface area contributed by atoms with Gasteiger partial charge in [0, 0.05) is 12.0 Å². The second kappa shape index (κ2) is 21.9. The van der Waals surface area contributed by atoms with E-state index in [4.69, 9.17) is 29.7 Å². The maximum Gasteiger partial charge on any atom is 2.00 e. The number of hydrogen-bond donors (Lipinski definition) is 1. The van der Waals surface area contributed by atoms with Crippen LogP contribution in [-0.2, 0) is 25.5 Å². The summed E-state index contributed by atoms with van der Waals surface area (Å²) >= 11 is 0. The number of methoxy groups -OCH3 is 1. The molecule has 1 N–H and O–H groups in total. The van der Waals surface area contributed by atoms with Crippen LogP contribution in [0.3, 0.4) is 0 Å². The first-order valence-corrected chi connectivity index (χ1v) is 22.8. The Morgan fingerprint density at radius 3 is 2.29 bits per heavy atom. The first-order chi connectivity index (χ1) is 29.8. The van der Waals surface area contributed by atoms with Crippen molar-refractivity contribution in [2.75, 3.05) is 13.7 Å². The molecule has 2 aliphatic heterocycles. The Balaban J connectivity index is 0.00000748. The van der Waals surface area contributed by atoms with Gasteiger partial charge in [0.15, 0.2) is 5.78 Å². The minimum atomic E-state index is -1.22. The number of carbonyl (C=O) groups is 3. The molecule has 5 heterocycles. The van der Waals surface area contributed by atoms with E-state index >= 15 is 0 Å². The number of aliphatic hydroxyl groups excluding tert-OH is 1. The summed E-state index contributed by atoms with van der Waals surface area (Å²) in [5.41, 5.74) is 7.98. The summed E-state index contributed by atoms with van der Waals surface area (Å²) < 4.78 is 11.0. The minimum Gasteiger partial charge on any atom is -0.681 e. The Morgan fingerprint density at radius 1 is 0.921 bits per heavy atom. The van der Waals surface area contributed by atoms with Crippen molar-refractivity contribution in [1.82, 2.24) is 15.0 Å². The Hall–Kier alpha value is -4.48. The van der Waals surface area contributed by atoms with Gasteiger partial charge < -0.3 is 34.8 Å². The summed E-state index contributed by atoms with van der Waals surface area (Å²) in [4.78, 5) is 56.4. The van der Waals surface area contributed by atoms with E-state index in [9.17, 15) is 19.5 Å². The molecule has 8 bridgehead atoms. The van der Waals surface area contributed by atoms with Crippen LogP contribution in [0, 0.1) is 43.4 Å². The fraction of sp³-hybridized carbons (Fsp3) is 0.519. The first-order valence-electron chi connectivity index (χ1n) is 22.8. The van der Waals surface area contributed by atoms with Gasteiger partial charge in [-0.1, -0.05) is 138 Å². The van der Waals surface area contributed by atoms with Gasteiger partial charge in [0.05, 0.1) is 13.4 Å². The summed E-state index contributed by atoms with van der Waals surface area (Å²) in [6.07, 6.45) is 21.4. The van der Waals surface area contributed by atoms with E-state index in [1.807, 2.05) is 45.1 Å². The van der Waals surface area contributed by atoms with Crippen LogP contribution >= 0.6 is 0 Å². The SMILES string of the molecule is C=Cc1c2[n-]c(c1C)/C=C1/[N-]C(C3=c4[n-]/c(c(C)c4C(=O)[C@@H]3C(=O)OC)=C\c3[n-]c(/c(=C\O)c3CC)=C\2)[C@@H](CCC(=O)OC/C=C(\C)CCC[C@H](C)CCC[C@H](C)CCC)[C@@H]1C.[Mg+2]. The summed E-state index contributed by atoms with van der Waals surface area (Å²) in [5.74, 6) is -1.50. The van der Waals surface area contributed by atoms with Crippen molar-refractivity contribution in [1.29, 1.82) is 0 Å². The molecule has 3 aromatic heterocycles. The van der Waals surface area contributed by atoms with E-state index in [1.165, 1.54) is 51.2 Å². The van der Waals surface area contributed by atoms with Gasteiger partial charge in [-0.3, -0.25) is 14.4 Å². The fourth-order valence-electron chi connectivity index (χ4n) is 9.91. The van der Waals surface area contributed by atoms with Crippen LogP contribution < -0.4 is 36.2 Å². The number of Topliss-reactive ketones (excluding diaryl/α,β-unsaturated/α-hetero) is 1. The number of aromatic nitrogens is 3. The number of esters is 2. The van der Waals surface area contributed by atoms with E-state index < -0.39 is 17.9 Å². The Labute approximate surface area is 389 Å². The number of fused-ring (bicyclic) bond motifs is 8. The molecule has 0 spiro atoms. The number of aliphatic hydroxyl groups is 1. The standard InChI is InChI=1S/C52H66N4O6.Mg/c1-11-16-29(4)17-14-18-30(5)19-15-20-31(6)23-24-62-45(58)22-21-37-33(8)40-25-39-32(7)35(12-2)42(53-39)27-44-38(28-57)36(13-3)43(54-44)26-41-34(9)46-50(56-41)47(49(37)55-40)48(51(46)59)52(60)61-10;/h12,23,25-30,33,37,48-49H,2,11,13-22,24H2,1,3-10H3,(H,57,59);/q-4;+2/b31-23+,40-25+,44-27-;/t29-,30-,33+,37+,48-,49?;/m1./s1. The summed E-state index contributed by atoms with van der Waals surface area (Å²) in [7, 11) is 1.28. The average Bonchev–Trinajstić information content (AvgIpc) is 4.00. The van der Waals surface area contributed by atoms with Gasteiger partial charge in [-0.05, 0) is 87.0 Å². The summed E-state index contributed by atoms with van der Waals surface area (Å²) in [5, 5.41) is 17.8. The molecule has 334 valence electrons. The third kappa shape index (κ3) is 10.6. The van der Waals surface area contributed by atoms with Crippen molar-refractivity contribution in [3.63, 3.8) is 0 Å². The topological polar surface area (TPSA) is 146 Å². The summed E-state index contributed by atoms with van der Waals surface area (Å²) in [6, 6.07) is -0.650. The van der Waals surface area contributed by atoms with Crippen LogP contribution in [0.25, 0.3) is 41.5 Å². The molecule has 1 fully saturated rings. The van der Waals surface area contributed by atoms with Crippen molar-refractivity contribution in [3.8, 4) is 0 Å². The van der Waals surface area contributed by atoms with Crippen LogP contribution in [0.15, 0.2) is 23.9 Å². The third-order valence-electron chi connectivity index (χ3n) is 13.7. The molecule has 1 saturated heterocycles. The van der Waals surface area contributed by atoms with Gasteiger partial charge in [-0.15, -0.1) is 33.1 Å². The molecular weight excluding hydrogens is 801 g/mol. The Bertz CT molecular complexity index is 2500. The third-order valence-corrected chi connectivity index (χ3v) is 13.7. The van der Waals surface area contributed by atoms with E-state index in [2.05, 4.69) is 41.2 Å². The van der Waals surface area contributed by atoms with Crippen molar-refractivity contribution in [2.45, 2.75) is 132 Å². The van der Waals surface area contributed by atoms with E-state index in [0.717, 1.165) is 47.4 Å². The molecule has 3 aliphatic rings. The smallest absolute Gasteiger partial charge is 0.681 e. The van der Waals surface area contributed by atoms with Crippen LogP contribution in [0.4, 0.5) is 0 Å². The van der Waals surface area contributed by atoms with Gasteiger partial charge in [0.25, 0.3) is 0 Å². The zero-order valence-corrected chi connectivity index (χ0v) is 40.5. The number of allylic oxidation sites excluding steroid dienone is 2. The molecule has 0 radical (unpaired) electrons. The number of carbonyl (C=O) groups excluding carboxylic acids is 3. The quantitative estimate of drug-likeness (QED) is 0.0611. The van der Waals surface area contributed by atoms with Gasteiger partial charge in [-0.25, -0.2) is 0 Å². The molecular formula is C52H66MgN4O6-2. The van der Waals surface area contributed by atoms with Crippen molar-refractivity contribution < 1.29 is 29.0 Å². The second-order valence-electron chi connectivity index (χ2n) is 18.0. The zero-order valence-electron chi connectivity index (χ0n) is 39.1. The van der Waals surface area contributed by atoms with Crippen LogP contribution in [0.1, 0.15) is 155 Å². The predicted octanol–water partition coefficient (Wildman–Crippen LogP) is 7.13. The van der Waals surface area contributed by atoms with Crippen molar-refractivity contribution in [2.24, 2.45) is 29.6 Å². The number of ether oxygens (including phenoxy) is 2. The minimum absolute atomic E-state index is 0. The normalized spacial score (nSPS) is 22.2. The van der Waals surface area contributed by atoms with E-state index in [0.29, 0.717) is 73.8 Å².